The zero-order valence-electron chi connectivity index (χ0n) is 19.3. The highest BCUT2D eigenvalue weighted by atomic mass is 35.5. The van der Waals surface area contributed by atoms with Crippen LogP contribution in [0.25, 0.3) is 0 Å². The molecule has 1 aromatic rings. The van der Waals surface area contributed by atoms with Crippen molar-refractivity contribution in [1.29, 1.82) is 0 Å². The van der Waals surface area contributed by atoms with Crippen molar-refractivity contribution >= 4 is 52.6 Å². The van der Waals surface area contributed by atoms with Gasteiger partial charge >= 0.3 is 0 Å². The van der Waals surface area contributed by atoms with Gasteiger partial charge in [-0.05, 0) is 68.0 Å². The van der Waals surface area contributed by atoms with Crippen molar-refractivity contribution in [3.05, 3.63) is 44.4 Å². The minimum Gasteiger partial charge on any atom is -0.493 e. The van der Waals surface area contributed by atoms with Crippen molar-refractivity contribution in [3.8, 4) is 11.5 Å². The van der Waals surface area contributed by atoms with E-state index >= 15 is 0 Å². The van der Waals surface area contributed by atoms with E-state index in [1.54, 1.807) is 12.3 Å². The first kappa shape index (κ1) is 29.9. The molecule has 0 saturated heterocycles. The van der Waals surface area contributed by atoms with Gasteiger partial charge in [0.15, 0.2) is 0 Å². The summed E-state index contributed by atoms with van der Waals surface area (Å²) in [6, 6.07) is 3.99. The van der Waals surface area contributed by atoms with Gasteiger partial charge in [0, 0.05) is 19.2 Å². The second-order valence-electron chi connectivity index (χ2n) is 7.13. The van der Waals surface area contributed by atoms with Gasteiger partial charge < -0.3 is 19.0 Å². The van der Waals surface area contributed by atoms with Crippen LogP contribution in [-0.4, -0.2) is 39.2 Å². The van der Waals surface area contributed by atoms with Crippen molar-refractivity contribution < 1.29 is 19.0 Å². The van der Waals surface area contributed by atoms with Crippen LogP contribution in [-0.2, 0) is 16.0 Å². The lowest BCUT2D eigenvalue weighted by molar-refractivity contribution is 0.134. The third-order valence-electron chi connectivity index (χ3n) is 4.48. The van der Waals surface area contributed by atoms with Gasteiger partial charge in [-0.15, -0.1) is 0 Å². The lowest BCUT2D eigenvalue weighted by Gasteiger charge is -2.15. The molecule has 0 fully saturated rings. The third kappa shape index (κ3) is 15.4. The largest absolute Gasteiger partial charge is 0.493 e. The first-order valence-electron chi connectivity index (χ1n) is 11.1. The van der Waals surface area contributed by atoms with E-state index in [1.807, 2.05) is 19.1 Å². The Labute approximate surface area is 217 Å². The molecule has 0 aromatic heterocycles. The molecule has 0 unspecified atom stereocenters. The molecule has 186 valence electrons. The monoisotopic (exact) mass is 539 g/mol. The molecule has 0 radical (unpaired) electrons. The number of ether oxygens (including phenoxy) is 3. The predicted molar refractivity (Wildman–Crippen MR) is 139 cm³/mol. The fourth-order valence-corrected chi connectivity index (χ4v) is 3.14. The summed E-state index contributed by atoms with van der Waals surface area (Å²) in [5, 5.41) is 3.78. The lowest BCUT2D eigenvalue weighted by atomic mass is 10.1. The number of halogens is 4. The van der Waals surface area contributed by atoms with Crippen LogP contribution in [0.5, 0.6) is 11.5 Å². The number of oxime groups is 1. The molecule has 0 aliphatic rings. The number of benzene rings is 1. The molecule has 1 rings (SSSR count). The molecule has 0 aliphatic carbocycles. The van der Waals surface area contributed by atoms with E-state index in [2.05, 4.69) is 12.1 Å². The number of aryl methyl sites for hydroxylation is 2. The first-order valence-corrected chi connectivity index (χ1v) is 12.6. The van der Waals surface area contributed by atoms with Crippen molar-refractivity contribution in [2.45, 2.75) is 52.4 Å². The van der Waals surface area contributed by atoms with Gasteiger partial charge in [0.05, 0.1) is 13.2 Å². The molecule has 0 spiro atoms. The summed E-state index contributed by atoms with van der Waals surface area (Å²) in [5.41, 5.74) is 2.19. The predicted octanol–water partition coefficient (Wildman–Crippen LogP) is 7.92. The van der Waals surface area contributed by atoms with E-state index in [4.69, 9.17) is 65.5 Å². The van der Waals surface area contributed by atoms with Gasteiger partial charge in [0.2, 0.25) is 0 Å². The molecule has 33 heavy (non-hydrogen) atoms. The summed E-state index contributed by atoms with van der Waals surface area (Å²) in [5.74, 6) is 1.74. The molecule has 0 bridgehead atoms. The molecule has 0 amide bonds. The number of hydrogen-bond donors (Lipinski definition) is 0. The van der Waals surface area contributed by atoms with Crippen LogP contribution in [0.1, 0.15) is 50.2 Å². The summed E-state index contributed by atoms with van der Waals surface area (Å²) in [7, 11) is 0. The van der Waals surface area contributed by atoms with Crippen LogP contribution >= 0.6 is 46.4 Å². The van der Waals surface area contributed by atoms with Crippen LogP contribution < -0.4 is 9.47 Å². The van der Waals surface area contributed by atoms with Crippen LogP contribution in [0.3, 0.4) is 0 Å². The summed E-state index contributed by atoms with van der Waals surface area (Å²) in [4.78, 5) is 4.95. The maximum absolute atomic E-state index is 6.08. The fourth-order valence-electron chi connectivity index (χ4n) is 2.89. The average molecular weight is 541 g/mol. The molecule has 0 atom stereocenters. The number of rotatable bonds is 18. The normalized spacial score (nSPS) is 10.8. The minimum absolute atomic E-state index is 0.170. The van der Waals surface area contributed by atoms with Gasteiger partial charge in [-0.2, -0.15) is 0 Å². The summed E-state index contributed by atoms with van der Waals surface area (Å²) < 4.78 is 17.7. The Bertz CT molecular complexity index is 761. The van der Waals surface area contributed by atoms with Gasteiger partial charge in [0.1, 0.15) is 33.7 Å². The average Bonchev–Trinajstić information content (AvgIpc) is 2.76. The van der Waals surface area contributed by atoms with Crippen LogP contribution in [0.2, 0.25) is 0 Å². The van der Waals surface area contributed by atoms with Crippen LogP contribution in [0, 0.1) is 6.92 Å². The smallest absolute Gasteiger partial charge is 0.138 e. The second kappa shape index (κ2) is 19.2. The number of hydrogen-bond acceptors (Lipinski definition) is 5. The maximum atomic E-state index is 6.08. The quantitative estimate of drug-likeness (QED) is 0.108. The summed E-state index contributed by atoms with van der Waals surface area (Å²) in [6.07, 6.45) is 10.6. The van der Waals surface area contributed by atoms with Crippen molar-refractivity contribution in [1.82, 2.24) is 0 Å². The van der Waals surface area contributed by atoms with E-state index in [-0.39, 0.29) is 15.6 Å². The Morgan fingerprint density at radius 1 is 0.879 bits per heavy atom. The van der Waals surface area contributed by atoms with Crippen molar-refractivity contribution in [2.75, 3.05) is 33.0 Å². The van der Waals surface area contributed by atoms with Gasteiger partial charge in [-0.3, -0.25) is 0 Å². The zero-order chi connectivity index (χ0) is 24.3. The van der Waals surface area contributed by atoms with Crippen molar-refractivity contribution in [3.63, 3.8) is 0 Å². The lowest BCUT2D eigenvalue weighted by Crippen LogP contribution is -2.04. The van der Waals surface area contributed by atoms with Crippen LogP contribution in [0.15, 0.2) is 38.4 Å². The Kier molecular flexibility index (Phi) is 17.4. The second-order valence-corrected chi connectivity index (χ2v) is 9.14. The molecular weight excluding hydrogens is 508 g/mol. The molecule has 1 aromatic carbocycles. The van der Waals surface area contributed by atoms with Gasteiger partial charge in [0.25, 0.3) is 0 Å². The van der Waals surface area contributed by atoms with E-state index in [0.29, 0.717) is 26.2 Å². The Morgan fingerprint density at radius 2 is 1.58 bits per heavy atom. The Hall–Kier alpha value is -1.11. The molecule has 0 aliphatic heterocycles. The molecular formula is C24H33Cl4NO4. The standard InChI is InChI=1S/C24H33Cl4NO4/c1-3-20-18-21(31-15-9-22(25)26)17-19(2)24(20)32-14-7-5-4-6-12-30-13-8-11-29-33-16-10-23(27)28/h9-11,17-18H,3-8,12-16H2,1-2H3/b29-11+. The number of unbranched alkanes of at least 4 members (excludes halogenated alkanes) is 3. The highest BCUT2D eigenvalue weighted by molar-refractivity contribution is 6.56. The number of nitrogens with zero attached hydrogens (tertiary/aromatic N) is 1. The van der Waals surface area contributed by atoms with E-state index in [9.17, 15) is 0 Å². The molecule has 0 heterocycles. The van der Waals surface area contributed by atoms with Gasteiger partial charge in [-0.1, -0.05) is 64.9 Å². The highest BCUT2D eigenvalue weighted by Crippen LogP contribution is 2.30. The fraction of sp³-hybridized carbons (Fsp3) is 0.542. The van der Waals surface area contributed by atoms with E-state index < -0.39 is 0 Å². The summed E-state index contributed by atoms with van der Waals surface area (Å²) >= 11 is 22.2. The van der Waals surface area contributed by atoms with Crippen LogP contribution in [0.4, 0.5) is 0 Å². The first-order chi connectivity index (χ1) is 15.9. The van der Waals surface area contributed by atoms with Gasteiger partial charge in [-0.25, -0.2) is 0 Å². The van der Waals surface area contributed by atoms with E-state index in [0.717, 1.165) is 61.3 Å². The van der Waals surface area contributed by atoms with E-state index in [1.165, 1.54) is 6.08 Å². The third-order valence-corrected chi connectivity index (χ3v) is 5.09. The molecule has 5 nitrogen and oxygen atoms in total. The zero-order valence-corrected chi connectivity index (χ0v) is 22.3. The molecule has 9 heteroatoms. The SMILES string of the molecule is CCc1cc(OCC=C(Cl)Cl)cc(C)c1OCCCCCCOCC/C=N/OCC=C(Cl)Cl. The molecule has 0 saturated carbocycles. The topological polar surface area (TPSA) is 49.3 Å². The Balaban J connectivity index is 2.15. The maximum Gasteiger partial charge on any atom is 0.138 e. The van der Waals surface area contributed by atoms with Crippen molar-refractivity contribution in [2.24, 2.45) is 5.16 Å². The Morgan fingerprint density at radius 3 is 2.27 bits per heavy atom. The molecule has 0 N–H and O–H groups in total. The minimum atomic E-state index is 0.170. The highest BCUT2D eigenvalue weighted by Gasteiger charge is 2.09. The summed E-state index contributed by atoms with van der Waals surface area (Å²) in [6.45, 7) is 6.78.